The Morgan fingerprint density at radius 2 is 1.65 bits per heavy atom. The van der Waals surface area contributed by atoms with E-state index in [1.165, 1.54) is 22.5 Å². The summed E-state index contributed by atoms with van der Waals surface area (Å²) in [5.74, 6) is -0.796. The maximum atomic E-state index is 14.3. The third kappa shape index (κ3) is 7.14. The van der Waals surface area contributed by atoms with Crippen molar-refractivity contribution in [3.8, 4) is 0 Å². The van der Waals surface area contributed by atoms with Crippen molar-refractivity contribution >= 4 is 46.4 Å². The van der Waals surface area contributed by atoms with Crippen LogP contribution in [0.5, 0.6) is 0 Å². The lowest BCUT2D eigenvalue weighted by molar-refractivity contribution is -0.136. The van der Waals surface area contributed by atoms with Gasteiger partial charge in [-0.3, -0.25) is 9.00 Å². The predicted molar refractivity (Wildman–Crippen MR) is 178 cm³/mol. The van der Waals surface area contributed by atoms with Gasteiger partial charge in [0.2, 0.25) is 0 Å². The maximum Gasteiger partial charge on any atom is 0.495 e. The molecule has 1 aromatic heterocycles. The molecule has 1 amide bonds. The molecule has 0 radical (unpaired) electrons. The van der Waals surface area contributed by atoms with Crippen LogP contribution in [0.4, 0.5) is 23.2 Å². The van der Waals surface area contributed by atoms with Crippen LogP contribution in [0.25, 0.3) is 11.0 Å². The molecule has 1 saturated heterocycles. The number of fused-ring (bicyclic) bond motifs is 1. The van der Waals surface area contributed by atoms with Gasteiger partial charge < -0.3 is 28.3 Å². The number of rotatable bonds is 11. The van der Waals surface area contributed by atoms with E-state index in [0.717, 1.165) is 18.9 Å². The van der Waals surface area contributed by atoms with Gasteiger partial charge in [0.1, 0.15) is 17.2 Å². The number of hydrogen-bond acceptors (Lipinski definition) is 6. The SMILES string of the molecule is CC1(C)OB(c2ccc(CCCN(c3cc4oc(Cc5ccc(F)cc5)c(C(N)=O)c4cc3C3CC3)S(=O)[O-])cc2C(F)(F)F)OC1(C)C. The zero-order valence-electron chi connectivity index (χ0n) is 27.5. The van der Waals surface area contributed by atoms with Crippen molar-refractivity contribution in [1.82, 2.24) is 0 Å². The summed E-state index contributed by atoms with van der Waals surface area (Å²) < 4.78 is 101. The molecule has 2 N–H and O–H groups in total. The fourth-order valence-corrected chi connectivity index (χ4v) is 6.80. The number of primary amides is 1. The summed E-state index contributed by atoms with van der Waals surface area (Å²) in [7, 11) is -1.20. The number of nitrogens with two attached hydrogens (primary N) is 1. The number of aryl methyl sites for hydroxylation is 1. The Labute approximate surface area is 284 Å². The highest BCUT2D eigenvalue weighted by molar-refractivity contribution is 7.80. The zero-order chi connectivity index (χ0) is 35.5. The number of carbonyl (C=O) groups excluding carboxylic acids is 1. The van der Waals surface area contributed by atoms with Crippen LogP contribution in [-0.2, 0) is 39.6 Å². The van der Waals surface area contributed by atoms with Crippen molar-refractivity contribution < 1.29 is 44.8 Å². The number of benzene rings is 3. The van der Waals surface area contributed by atoms with Gasteiger partial charge in [-0.05, 0) is 106 Å². The van der Waals surface area contributed by atoms with Gasteiger partial charge >= 0.3 is 13.3 Å². The summed E-state index contributed by atoms with van der Waals surface area (Å²) in [6.07, 6.45) is -2.50. The van der Waals surface area contributed by atoms with E-state index in [-0.39, 0.29) is 54.1 Å². The third-order valence-electron chi connectivity index (χ3n) is 9.66. The fraction of sp³-hybridized carbons (Fsp3) is 0.400. The van der Waals surface area contributed by atoms with E-state index in [0.29, 0.717) is 27.8 Å². The van der Waals surface area contributed by atoms with Crippen LogP contribution in [0.15, 0.2) is 59.0 Å². The van der Waals surface area contributed by atoms with Gasteiger partial charge in [0.05, 0.1) is 28.0 Å². The summed E-state index contributed by atoms with van der Waals surface area (Å²) in [5.41, 5.74) is 5.71. The zero-order valence-corrected chi connectivity index (χ0v) is 28.3. The third-order valence-corrected chi connectivity index (χ3v) is 10.4. The molecule has 2 heterocycles. The van der Waals surface area contributed by atoms with Crippen molar-refractivity contribution in [2.24, 2.45) is 5.73 Å². The van der Waals surface area contributed by atoms with Crippen LogP contribution >= 0.6 is 0 Å². The molecular weight excluding hydrogens is 663 g/mol. The second-order valence-corrected chi connectivity index (χ2v) is 14.6. The van der Waals surface area contributed by atoms with Crippen LogP contribution in [-0.4, -0.2) is 39.5 Å². The Hall–Kier alpha value is -3.72. The van der Waals surface area contributed by atoms with E-state index in [9.17, 15) is 31.1 Å². The minimum absolute atomic E-state index is 0.0203. The van der Waals surface area contributed by atoms with Crippen LogP contribution in [0.3, 0.4) is 0 Å². The molecule has 1 saturated carbocycles. The summed E-state index contributed by atoms with van der Waals surface area (Å²) in [4.78, 5) is 12.6. The summed E-state index contributed by atoms with van der Waals surface area (Å²) >= 11 is -2.73. The highest BCUT2D eigenvalue weighted by Gasteiger charge is 2.53. The molecule has 3 aromatic carbocycles. The molecule has 1 aliphatic heterocycles. The van der Waals surface area contributed by atoms with Crippen molar-refractivity contribution in [2.75, 3.05) is 10.8 Å². The normalized spacial score (nSPS) is 17.9. The van der Waals surface area contributed by atoms with E-state index < -0.39 is 53.1 Å². The summed E-state index contributed by atoms with van der Waals surface area (Å²) in [5, 5.41) is 0.452. The van der Waals surface area contributed by atoms with Crippen LogP contribution in [0, 0.1) is 5.82 Å². The molecule has 49 heavy (non-hydrogen) atoms. The lowest BCUT2D eigenvalue weighted by Crippen LogP contribution is -2.41. The van der Waals surface area contributed by atoms with Crippen LogP contribution in [0.1, 0.15) is 91.2 Å². The molecule has 0 bridgehead atoms. The molecule has 260 valence electrons. The summed E-state index contributed by atoms with van der Waals surface area (Å²) in [6, 6.07) is 13.0. The largest absolute Gasteiger partial charge is 0.755 e. The van der Waals surface area contributed by atoms with Crippen LogP contribution in [0.2, 0.25) is 0 Å². The number of hydrogen-bond donors (Lipinski definition) is 1. The Balaban J connectivity index is 1.27. The number of amides is 1. The Morgan fingerprint density at radius 1 is 1.02 bits per heavy atom. The quantitative estimate of drug-likeness (QED) is 0.106. The summed E-state index contributed by atoms with van der Waals surface area (Å²) in [6.45, 7) is 7.04. The second-order valence-electron chi connectivity index (χ2n) is 13.7. The lowest BCUT2D eigenvalue weighted by atomic mass is 9.75. The van der Waals surface area contributed by atoms with Gasteiger partial charge in [0.15, 0.2) is 0 Å². The number of anilines is 1. The average Bonchev–Trinajstić information content (AvgIpc) is 3.75. The number of furan rings is 1. The maximum absolute atomic E-state index is 14.3. The van der Waals surface area contributed by atoms with E-state index >= 15 is 0 Å². The van der Waals surface area contributed by atoms with Gasteiger partial charge in [-0.2, -0.15) is 13.2 Å². The number of halogens is 4. The number of nitrogens with zero attached hydrogens (tertiary/aromatic N) is 1. The molecule has 1 unspecified atom stereocenters. The first-order chi connectivity index (χ1) is 22.9. The van der Waals surface area contributed by atoms with E-state index in [4.69, 9.17) is 19.5 Å². The van der Waals surface area contributed by atoms with E-state index in [2.05, 4.69) is 0 Å². The highest BCUT2D eigenvalue weighted by Crippen LogP contribution is 2.47. The van der Waals surface area contributed by atoms with Gasteiger partial charge in [-0.1, -0.05) is 24.3 Å². The van der Waals surface area contributed by atoms with E-state index in [1.807, 2.05) is 0 Å². The molecule has 8 nitrogen and oxygen atoms in total. The van der Waals surface area contributed by atoms with Crippen molar-refractivity contribution in [3.63, 3.8) is 0 Å². The van der Waals surface area contributed by atoms with Gasteiger partial charge in [-0.15, -0.1) is 0 Å². The first-order valence-corrected chi connectivity index (χ1v) is 17.0. The first-order valence-electron chi connectivity index (χ1n) is 16.0. The van der Waals surface area contributed by atoms with Gasteiger partial charge in [-0.25, -0.2) is 4.39 Å². The van der Waals surface area contributed by atoms with Crippen molar-refractivity contribution in [2.45, 2.75) is 83.1 Å². The molecule has 1 aliphatic carbocycles. The molecule has 0 spiro atoms. The Kier molecular flexibility index (Phi) is 9.23. The van der Waals surface area contributed by atoms with Crippen molar-refractivity contribution in [1.29, 1.82) is 0 Å². The molecule has 6 rings (SSSR count). The molecule has 1 atom stereocenters. The van der Waals surface area contributed by atoms with Crippen LogP contribution < -0.4 is 15.5 Å². The standard InChI is InChI=1S/C35H37BF4N2O6S/c1-33(2)34(3,4)48-36(47-33)27-14-9-20(16-26(27)35(38,39)40)6-5-15-42(49(44)45)28-19-29-25(18-24(28)22-10-11-22)31(32(41)43)30(46-29)17-21-7-12-23(37)13-8-21/h7-9,12-14,16,18-19,22H,5-6,10-11,15,17H2,1-4H3,(H2,41,43)(H,44,45)/p-1. The minimum atomic E-state index is -4.67. The van der Waals surface area contributed by atoms with Crippen molar-refractivity contribution in [3.05, 3.63) is 94.0 Å². The second kappa shape index (κ2) is 12.9. The fourth-order valence-electron chi connectivity index (χ4n) is 6.20. The Bertz CT molecular complexity index is 1910. The molecule has 2 fully saturated rings. The Morgan fingerprint density at radius 3 is 2.22 bits per heavy atom. The highest BCUT2D eigenvalue weighted by atomic mass is 32.2. The molecule has 14 heteroatoms. The number of carbonyl (C=O) groups is 1. The smallest absolute Gasteiger partial charge is 0.495 e. The topological polar surface area (TPSA) is 118 Å². The monoisotopic (exact) mass is 699 g/mol. The van der Waals surface area contributed by atoms with E-state index in [1.54, 1.807) is 58.0 Å². The lowest BCUT2D eigenvalue weighted by Gasteiger charge is -2.32. The number of alkyl halides is 3. The predicted octanol–water partition coefficient (Wildman–Crippen LogP) is 6.69. The van der Waals surface area contributed by atoms with Gasteiger partial charge in [0, 0.05) is 35.7 Å². The first kappa shape index (κ1) is 35.1. The average molecular weight is 700 g/mol. The molecule has 4 aromatic rings. The molecular formula is C35H36BF4N2O6S-. The molecule has 2 aliphatic rings. The van der Waals surface area contributed by atoms with Gasteiger partial charge in [0.25, 0.3) is 5.91 Å². The minimum Gasteiger partial charge on any atom is -0.755 e.